The van der Waals surface area contributed by atoms with Crippen molar-refractivity contribution in [3.63, 3.8) is 0 Å². The first-order valence-corrected chi connectivity index (χ1v) is 14.0. The van der Waals surface area contributed by atoms with Gasteiger partial charge in [0.1, 0.15) is 11.5 Å². The fraction of sp³-hybridized carbons (Fsp3) is 0.625. The zero-order valence-corrected chi connectivity index (χ0v) is 24.5. The Morgan fingerprint density at radius 2 is 1.03 bits per heavy atom. The van der Waals surface area contributed by atoms with Crippen molar-refractivity contribution in [1.29, 1.82) is 0 Å². The maximum absolute atomic E-state index is 10.9. The van der Waals surface area contributed by atoms with Crippen molar-refractivity contribution in [2.24, 2.45) is 0 Å². The van der Waals surface area contributed by atoms with E-state index < -0.39 is 0 Å². The average Bonchev–Trinajstić information content (AvgIpc) is 2.83. The number of nitrogens with zero attached hydrogens (tertiary/aromatic N) is 2. The van der Waals surface area contributed by atoms with E-state index in [0.29, 0.717) is 35.4 Å². The fourth-order valence-electron chi connectivity index (χ4n) is 6.39. The highest BCUT2D eigenvalue weighted by atomic mass is 16.3. The van der Waals surface area contributed by atoms with Gasteiger partial charge in [0.25, 0.3) is 0 Å². The van der Waals surface area contributed by atoms with Crippen LogP contribution in [0.1, 0.15) is 111 Å². The van der Waals surface area contributed by atoms with Gasteiger partial charge in [-0.3, -0.25) is 9.80 Å². The van der Waals surface area contributed by atoms with Gasteiger partial charge in [0.2, 0.25) is 0 Å². The minimum Gasteiger partial charge on any atom is -0.507 e. The van der Waals surface area contributed by atoms with Crippen LogP contribution in [0.4, 0.5) is 0 Å². The minimum absolute atomic E-state index is 0.314. The summed E-state index contributed by atoms with van der Waals surface area (Å²) in [5.41, 5.74) is 9.30. The molecule has 0 amide bonds. The Morgan fingerprint density at radius 1 is 0.694 bits per heavy atom. The molecule has 0 radical (unpaired) electrons. The summed E-state index contributed by atoms with van der Waals surface area (Å²) >= 11 is 0. The first-order valence-electron chi connectivity index (χ1n) is 14.0. The van der Waals surface area contributed by atoms with Crippen molar-refractivity contribution in [3.05, 3.63) is 56.6 Å². The topological polar surface area (TPSA) is 46.9 Å². The summed E-state index contributed by atoms with van der Waals surface area (Å²) in [6.07, 6.45) is 2.19. The van der Waals surface area contributed by atoms with Crippen LogP contribution in [0.25, 0.3) is 0 Å². The molecule has 0 aromatic heterocycles. The molecule has 2 aromatic carbocycles. The highest BCUT2D eigenvalue weighted by Gasteiger charge is 2.35. The van der Waals surface area contributed by atoms with Crippen LogP contribution in [-0.4, -0.2) is 45.2 Å². The average molecular weight is 495 g/mol. The van der Waals surface area contributed by atoms with Gasteiger partial charge in [-0.2, -0.15) is 0 Å². The molecular formula is C32H50N2O2. The summed E-state index contributed by atoms with van der Waals surface area (Å²) in [7, 11) is 0. The highest BCUT2D eigenvalue weighted by molar-refractivity contribution is 5.51. The fourth-order valence-corrected chi connectivity index (χ4v) is 6.39. The Balaban J connectivity index is 1.87. The highest BCUT2D eigenvalue weighted by Crippen LogP contribution is 2.37. The first kappa shape index (κ1) is 28.5. The van der Waals surface area contributed by atoms with E-state index >= 15 is 0 Å². The molecule has 1 aliphatic rings. The largest absolute Gasteiger partial charge is 0.507 e. The molecule has 2 atom stereocenters. The van der Waals surface area contributed by atoms with Crippen molar-refractivity contribution < 1.29 is 10.2 Å². The van der Waals surface area contributed by atoms with E-state index in [9.17, 15) is 10.2 Å². The van der Waals surface area contributed by atoms with Crippen LogP contribution in [0.15, 0.2) is 12.1 Å². The lowest BCUT2D eigenvalue weighted by molar-refractivity contribution is 0.00509. The van der Waals surface area contributed by atoms with Gasteiger partial charge >= 0.3 is 0 Å². The van der Waals surface area contributed by atoms with E-state index in [1.165, 1.54) is 22.3 Å². The maximum atomic E-state index is 10.9. The minimum atomic E-state index is 0.314. The van der Waals surface area contributed by atoms with E-state index in [1.54, 1.807) is 0 Å². The molecule has 0 saturated carbocycles. The molecule has 2 N–H and O–H groups in total. The van der Waals surface area contributed by atoms with Crippen LogP contribution in [0, 0.1) is 27.7 Å². The monoisotopic (exact) mass is 494 g/mol. The molecule has 1 heterocycles. The number of aryl methyl sites for hydroxylation is 2. The van der Waals surface area contributed by atoms with Gasteiger partial charge in [-0.05, 0) is 96.9 Å². The Morgan fingerprint density at radius 3 is 1.31 bits per heavy atom. The van der Waals surface area contributed by atoms with Crippen molar-refractivity contribution >= 4 is 0 Å². The van der Waals surface area contributed by atoms with Gasteiger partial charge in [0, 0.05) is 38.3 Å². The smallest absolute Gasteiger partial charge is 0.122 e. The number of hydrogen-bond acceptors (Lipinski definition) is 4. The Bertz CT molecular complexity index is 987. The molecule has 0 spiro atoms. The summed E-state index contributed by atoms with van der Waals surface area (Å²) in [5, 5.41) is 21.8. The van der Waals surface area contributed by atoms with Crippen LogP contribution in [0.2, 0.25) is 0 Å². The number of phenolic OH excluding ortho intramolecular Hbond substituents is 2. The Hall–Kier alpha value is -2.04. The van der Waals surface area contributed by atoms with Crippen LogP contribution >= 0.6 is 0 Å². The number of rotatable bonds is 8. The number of benzene rings is 2. The SMILES string of the molecule is CCC1C(CC)N(Cc2c(C)cc(C(C)C)c(O)c2C)CCN1Cc1c(C)cc(C(C)C)c(O)c1C. The lowest BCUT2D eigenvalue weighted by Gasteiger charge is -2.48. The lowest BCUT2D eigenvalue weighted by atomic mass is 9.89. The third-order valence-corrected chi connectivity index (χ3v) is 8.72. The summed E-state index contributed by atoms with van der Waals surface area (Å²) in [5.74, 6) is 1.57. The van der Waals surface area contributed by atoms with Gasteiger partial charge < -0.3 is 10.2 Å². The van der Waals surface area contributed by atoms with Crippen LogP contribution in [-0.2, 0) is 13.1 Å². The van der Waals surface area contributed by atoms with Gasteiger partial charge in [0.15, 0.2) is 0 Å². The van der Waals surface area contributed by atoms with Gasteiger partial charge in [-0.1, -0.05) is 53.7 Å². The van der Waals surface area contributed by atoms with E-state index in [0.717, 1.165) is 61.3 Å². The van der Waals surface area contributed by atoms with Crippen LogP contribution in [0.3, 0.4) is 0 Å². The van der Waals surface area contributed by atoms with E-state index in [2.05, 4.69) is 91.2 Å². The Kier molecular flexibility index (Phi) is 9.16. The predicted octanol–water partition coefficient (Wildman–Crippen LogP) is 7.45. The molecule has 0 aliphatic carbocycles. The van der Waals surface area contributed by atoms with Gasteiger partial charge in [-0.15, -0.1) is 0 Å². The molecule has 200 valence electrons. The lowest BCUT2D eigenvalue weighted by Crippen LogP contribution is -2.58. The molecule has 4 nitrogen and oxygen atoms in total. The third-order valence-electron chi connectivity index (χ3n) is 8.72. The maximum Gasteiger partial charge on any atom is 0.122 e. The predicted molar refractivity (Wildman–Crippen MR) is 152 cm³/mol. The van der Waals surface area contributed by atoms with Crippen molar-refractivity contribution in [2.75, 3.05) is 13.1 Å². The first-order chi connectivity index (χ1) is 16.9. The number of piperazine rings is 1. The molecule has 1 aliphatic heterocycles. The molecule has 0 bridgehead atoms. The van der Waals surface area contributed by atoms with E-state index in [1.807, 2.05) is 0 Å². The van der Waals surface area contributed by atoms with Gasteiger partial charge in [0.05, 0.1) is 0 Å². The normalized spacial score (nSPS) is 19.6. The standard InChI is InChI=1S/C32H50N2O2/c1-11-29-30(12-2)34(18-28-22(8)16-26(20(5)6)32(36)24(28)10)14-13-33(29)17-27-21(7)15-25(19(3)4)31(35)23(27)9/h15-16,19-20,29-30,35-36H,11-14,17-18H2,1-10H3. The molecule has 36 heavy (non-hydrogen) atoms. The van der Waals surface area contributed by atoms with Crippen LogP contribution < -0.4 is 0 Å². The number of hydrogen-bond donors (Lipinski definition) is 2. The van der Waals surface area contributed by atoms with Crippen molar-refractivity contribution in [1.82, 2.24) is 9.80 Å². The second kappa shape index (κ2) is 11.6. The molecule has 1 fully saturated rings. The van der Waals surface area contributed by atoms with Gasteiger partial charge in [-0.25, -0.2) is 0 Å². The molecular weight excluding hydrogens is 444 g/mol. The molecule has 3 rings (SSSR count). The third kappa shape index (κ3) is 5.45. The second-order valence-electron chi connectivity index (χ2n) is 11.7. The van der Waals surface area contributed by atoms with E-state index in [-0.39, 0.29) is 0 Å². The molecule has 4 heteroatoms. The van der Waals surface area contributed by atoms with Crippen molar-refractivity contribution in [2.45, 2.75) is 119 Å². The zero-order valence-electron chi connectivity index (χ0n) is 24.5. The number of aromatic hydroxyl groups is 2. The summed E-state index contributed by atoms with van der Waals surface area (Å²) in [4.78, 5) is 5.29. The summed E-state index contributed by atoms with van der Waals surface area (Å²) < 4.78 is 0. The molecule has 2 aromatic rings. The second-order valence-corrected chi connectivity index (χ2v) is 11.7. The quantitative estimate of drug-likeness (QED) is 0.400. The summed E-state index contributed by atoms with van der Waals surface area (Å²) in [6, 6.07) is 5.29. The summed E-state index contributed by atoms with van der Waals surface area (Å²) in [6.45, 7) is 25.5. The van der Waals surface area contributed by atoms with E-state index in [4.69, 9.17) is 0 Å². The zero-order chi connectivity index (χ0) is 26.9. The molecule has 1 saturated heterocycles. The Labute approximate surface area is 220 Å². The van der Waals surface area contributed by atoms with Crippen LogP contribution in [0.5, 0.6) is 11.5 Å². The number of phenols is 2. The molecule has 2 unspecified atom stereocenters. The van der Waals surface area contributed by atoms with Crippen molar-refractivity contribution in [3.8, 4) is 11.5 Å².